The van der Waals surface area contributed by atoms with Crippen molar-refractivity contribution in [1.29, 1.82) is 0 Å². The van der Waals surface area contributed by atoms with E-state index in [4.69, 9.17) is 10.5 Å². The molecule has 0 aromatic carbocycles. The summed E-state index contributed by atoms with van der Waals surface area (Å²) in [5.74, 6) is 1.44. The van der Waals surface area contributed by atoms with Crippen molar-refractivity contribution in [3.63, 3.8) is 0 Å². The van der Waals surface area contributed by atoms with Gasteiger partial charge in [-0.1, -0.05) is 6.92 Å². The smallest absolute Gasteiger partial charge is 0.218 e. The van der Waals surface area contributed by atoms with E-state index in [1.807, 2.05) is 6.07 Å². The molecule has 0 radical (unpaired) electrons. The van der Waals surface area contributed by atoms with Gasteiger partial charge >= 0.3 is 0 Å². The van der Waals surface area contributed by atoms with Crippen molar-refractivity contribution < 1.29 is 4.74 Å². The Morgan fingerprint density at radius 1 is 1.47 bits per heavy atom. The zero-order chi connectivity index (χ0) is 12.1. The highest BCUT2D eigenvalue weighted by atomic mass is 16.5. The third-order valence-electron chi connectivity index (χ3n) is 3.13. The third kappa shape index (κ3) is 3.30. The van der Waals surface area contributed by atoms with E-state index in [0.717, 1.165) is 25.3 Å². The summed E-state index contributed by atoms with van der Waals surface area (Å²) in [5.41, 5.74) is 6.03. The van der Waals surface area contributed by atoms with Gasteiger partial charge in [0.15, 0.2) is 0 Å². The fourth-order valence-electron chi connectivity index (χ4n) is 1.63. The quantitative estimate of drug-likeness (QED) is 0.749. The van der Waals surface area contributed by atoms with Crippen molar-refractivity contribution in [1.82, 2.24) is 9.97 Å². The summed E-state index contributed by atoms with van der Waals surface area (Å²) in [6, 6.07) is 1.84. The molecule has 5 heteroatoms. The maximum atomic E-state index is 5.73. The molecular formula is C12H20N4O. The first-order chi connectivity index (χ1) is 8.28. The highest BCUT2D eigenvalue weighted by Gasteiger charge is 2.40. The number of rotatable bonds is 7. The second kappa shape index (κ2) is 5.31. The Morgan fingerprint density at radius 3 is 2.94 bits per heavy atom. The van der Waals surface area contributed by atoms with Gasteiger partial charge < -0.3 is 15.8 Å². The summed E-state index contributed by atoms with van der Waals surface area (Å²) in [5, 5.41) is 3.30. The molecule has 1 aliphatic rings. The van der Waals surface area contributed by atoms with Gasteiger partial charge in [-0.05, 0) is 31.2 Å². The standard InChI is InChI=1S/C12H20N4O/c1-2-5-17-11-6-10(15-9-16-11)14-8-12(7-13)3-4-12/h6,9H,2-5,7-8,13H2,1H3,(H,14,15,16). The molecule has 0 aliphatic heterocycles. The van der Waals surface area contributed by atoms with Gasteiger partial charge in [-0.3, -0.25) is 0 Å². The number of hydrogen-bond donors (Lipinski definition) is 2. The summed E-state index contributed by atoms with van der Waals surface area (Å²) in [6.45, 7) is 4.37. The number of nitrogens with one attached hydrogen (secondary N) is 1. The first-order valence-electron chi connectivity index (χ1n) is 6.17. The van der Waals surface area contributed by atoms with Crippen LogP contribution in [0.25, 0.3) is 0 Å². The van der Waals surface area contributed by atoms with E-state index in [0.29, 0.717) is 17.9 Å². The van der Waals surface area contributed by atoms with Gasteiger partial charge in [0.25, 0.3) is 0 Å². The average Bonchev–Trinajstić information content (AvgIpc) is 3.15. The zero-order valence-electron chi connectivity index (χ0n) is 10.3. The normalized spacial score (nSPS) is 16.6. The topological polar surface area (TPSA) is 73.1 Å². The van der Waals surface area contributed by atoms with Crippen LogP contribution in [0.15, 0.2) is 12.4 Å². The van der Waals surface area contributed by atoms with E-state index >= 15 is 0 Å². The molecule has 1 fully saturated rings. The maximum Gasteiger partial charge on any atom is 0.218 e. The van der Waals surface area contributed by atoms with Crippen molar-refractivity contribution in [2.75, 3.05) is 25.0 Å². The van der Waals surface area contributed by atoms with E-state index in [1.54, 1.807) is 0 Å². The van der Waals surface area contributed by atoms with Crippen LogP contribution in [0.4, 0.5) is 5.82 Å². The molecule has 1 aromatic rings. The lowest BCUT2D eigenvalue weighted by Crippen LogP contribution is -2.24. The Balaban J connectivity index is 1.87. The van der Waals surface area contributed by atoms with E-state index in [2.05, 4.69) is 22.2 Å². The SMILES string of the molecule is CCCOc1cc(NCC2(CN)CC2)ncn1. The lowest BCUT2D eigenvalue weighted by molar-refractivity contribution is 0.305. The van der Waals surface area contributed by atoms with Crippen molar-refractivity contribution in [2.24, 2.45) is 11.1 Å². The van der Waals surface area contributed by atoms with Crippen LogP contribution in [-0.2, 0) is 0 Å². The van der Waals surface area contributed by atoms with Gasteiger partial charge in [0.1, 0.15) is 12.1 Å². The van der Waals surface area contributed by atoms with Gasteiger partial charge in [0.2, 0.25) is 5.88 Å². The number of hydrogen-bond acceptors (Lipinski definition) is 5. The molecule has 5 nitrogen and oxygen atoms in total. The number of aromatic nitrogens is 2. The number of nitrogens with zero attached hydrogens (tertiary/aromatic N) is 2. The van der Waals surface area contributed by atoms with Crippen LogP contribution in [0.3, 0.4) is 0 Å². The molecule has 0 amide bonds. The Kier molecular flexibility index (Phi) is 3.78. The molecule has 0 atom stereocenters. The first-order valence-corrected chi connectivity index (χ1v) is 6.17. The molecule has 17 heavy (non-hydrogen) atoms. The molecule has 94 valence electrons. The molecule has 1 saturated carbocycles. The lowest BCUT2D eigenvalue weighted by atomic mass is 10.1. The van der Waals surface area contributed by atoms with Gasteiger partial charge in [-0.25, -0.2) is 9.97 Å². The summed E-state index contributed by atoms with van der Waals surface area (Å²) in [6.07, 6.45) is 4.92. The molecule has 0 bridgehead atoms. The second-order valence-electron chi connectivity index (χ2n) is 4.65. The largest absolute Gasteiger partial charge is 0.478 e. The fraction of sp³-hybridized carbons (Fsp3) is 0.667. The Morgan fingerprint density at radius 2 is 2.29 bits per heavy atom. The predicted molar refractivity (Wildman–Crippen MR) is 67.0 cm³/mol. The molecule has 0 spiro atoms. The molecule has 1 aromatic heterocycles. The number of ether oxygens (including phenoxy) is 1. The monoisotopic (exact) mass is 236 g/mol. The molecule has 0 unspecified atom stereocenters. The second-order valence-corrected chi connectivity index (χ2v) is 4.65. The molecule has 1 heterocycles. The van der Waals surface area contributed by atoms with E-state index in [-0.39, 0.29) is 0 Å². The summed E-state index contributed by atoms with van der Waals surface area (Å²) < 4.78 is 5.45. The highest BCUT2D eigenvalue weighted by molar-refractivity contribution is 5.37. The Bertz CT molecular complexity index is 365. The van der Waals surface area contributed by atoms with Crippen LogP contribution in [0.2, 0.25) is 0 Å². The average molecular weight is 236 g/mol. The van der Waals surface area contributed by atoms with Crippen LogP contribution in [0.1, 0.15) is 26.2 Å². The fourth-order valence-corrected chi connectivity index (χ4v) is 1.63. The van der Waals surface area contributed by atoms with Crippen LogP contribution in [0, 0.1) is 5.41 Å². The van der Waals surface area contributed by atoms with Gasteiger partial charge in [0.05, 0.1) is 6.61 Å². The maximum absolute atomic E-state index is 5.73. The minimum absolute atomic E-state index is 0.301. The predicted octanol–water partition coefficient (Wildman–Crippen LogP) is 1.42. The first kappa shape index (κ1) is 12.1. The van der Waals surface area contributed by atoms with E-state index in [9.17, 15) is 0 Å². The zero-order valence-corrected chi connectivity index (χ0v) is 10.3. The van der Waals surface area contributed by atoms with Gasteiger partial charge in [0, 0.05) is 12.6 Å². The van der Waals surface area contributed by atoms with Crippen molar-refractivity contribution >= 4 is 5.82 Å². The molecule has 1 aliphatic carbocycles. The van der Waals surface area contributed by atoms with E-state index in [1.165, 1.54) is 19.2 Å². The van der Waals surface area contributed by atoms with Crippen molar-refractivity contribution in [2.45, 2.75) is 26.2 Å². The third-order valence-corrected chi connectivity index (χ3v) is 3.13. The highest BCUT2D eigenvalue weighted by Crippen LogP contribution is 2.44. The molecule has 0 saturated heterocycles. The number of anilines is 1. The number of nitrogens with two attached hydrogens (primary N) is 1. The Labute approximate surface area is 102 Å². The summed E-state index contributed by atoms with van der Waals surface area (Å²) >= 11 is 0. The van der Waals surface area contributed by atoms with Crippen molar-refractivity contribution in [3.8, 4) is 5.88 Å². The van der Waals surface area contributed by atoms with Gasteiger partial charge in [-0.15, -0.1) is 0 Å². The van der Waals surface area contributed by atoms with E-state index < -0.39 is 0 Å². The molecule has 2 rings (SSSR count). The molecule has 3 N–H and O–H groups in total. The van der Waals surface area contributed by atoms with Crippen LogP contribution in [0.5, 0.6) is 5.88 Å². The van der Waals surface area contributed by atoms with Crippen molar-refractivity contribution in [3.05, 3.63) is 12.4 Å². The Hall–Kier alpha value is -1.36. The van der Waals surface area contributed by atoms with Crippen LogP contribution in [-0.4, -0.2) is 29.7 Å². The lowest BCUT2D eigenvalue weighted by Gasteiger charge is -2.13. The molecular weight excluding hydrogens is 216 g/mol. The summed E-state index contributed by atoms with van der Waals surface area (Å²) in [4.78, 5) is 8.23. The minimum Gasteiger partial charge on any atom is -0.478 e. The minimum atomic E-state index is 0.301. The van der Waals surface area contributed by atoms with Crippen LogP contribution < -0.4 is 15.8 Å². The van der Waals surface area contributed by atoms with Gasteiger partial charge in [-0.2, -0.15) is 0 Å². The summed E-state index contributed by atoms with van der Waals surface area (Å²) in [7, 11) is 0. The van der Waals surface area contributed by atoms with Crippen LogP contribution >= 0.6 is 0 Å².